The topological polar surface area (TPSA) is 111 Å². The van der Waals surface area contributed by atoms with E-state index in [2.05, 4.69) is 46.6 Å². The van der Waals surface area contributed by atoms with E-state index in [1.54, 1.807) is 19.5 Å². The van der Waals surface area contributed by atoms with E-state index in [1.165, 1.54) is 0 Å². The zero-order chi connectivity index (χ0) is 26.6. The number of nitrogen functional groups attached to an aromatic ring is 1. The molecular formula is C27H30ClN9O. The van der Waals surface area contributed by atoms with Gasteiger partial charge in [0.1, 0.15) is 16.5 Å². The van der Waals surface area contributed by atoms with Crippen LogP contribution in [-0.4, -0.2) is 74.2 Å². The second kappa shape index (κ2) is 11.2. The van der Waals surface area contributed by atoms with E-state index >= 15 is 0 Å². The lowest BCUT2D eigenvalue weighted by atomic mass is 10.1. The first-order chi connectivity index (χ1) is 18.4. The van der Waals surface area contributed by atoms with Crippen LogP contribution in [-0.2, 0) is 13.0 Å². The fourth-order valence-electron chi connectivity index (χ4n) is 4.77. The number of aryl methyl sites for hydroxylation is 1. The Kier molecular flexibility index (Phi) is 7.58. The molecule has 5 rings (SSSR count). The molecule has 196 valence electrons. The summed E-state index contributed by atoms with van der Waals surface area (Å²) in [6.07, 6.45) is 7.92. The lowest BCUT2D eigenvalue weighted by Gasteiger charge is -2.33. The van der Waals surface area contributed by atoms with Crippen LogP contribution in [0.5, 0.6) is 5.75 Å². The molecule has 5 heterocycles. The highest BCUT2D eigenvalue weighted by molar-refractivity contribution is 6.34. The van der Waals surface area contributed by atoms with Crippen LogP contribution in [0, 0.1) is 25.7 Å². The first-order valence-electron chi connectivity index (χ1n) is 12.4. The van der Waals surface area contributed by atoms with E-state index in [0.29, 0.717) is 30.3 Å². The van der Waals surface area contributed by atoms with Crippen LogP contribution >= 0.6 is 11.6 Å². The number of pyridine rings is 1. The van der Waals surface area contributed by atoms with E-state index in [9.17, 15) is 0 Å². The van der Waals surface area contributed by atoms with Crippen LogP contribution < -0.4 is 15.4 Å². The lowest BCUT2D eigenvalue weighted by molar-refractivity contribution is 0.286. The Morgan fingerprint density at radius 1 is 1.05 bits per heavy atom. The van der Waals surface area contributed by atoms with Gasteiger partial charge in [0, 0.05) is 68.5 Å². The second-order valence-electron chi connectivity index (χ2n) is 9.24. The number of anilines is 2. The second-order valence-corrected chi connectivity index (χ2v) is 9.60. The van der Waals surface area contributed by atoms with Gasteiger partial charge in [0.25, 0.3) is 0 Å². The number of fused-ring (bicyclic) bond motifs is 1. The van der Waals surface area contributed by atoms with Crippen molar-refractivity contribution in [3.63, 3.8) is 0 Å². The molecule has 1 saturated heterocycles. The number of hydrogen-bond acceptors (Lipinski definition) is 9. The highest BCUT2D eigenvalue weighted by Crippen LogP contribution is 2.30. The van der Waals surface area contributed by atoms with Crippen molar-refractivity contribution in [3.05, 3.63) is 58.4 Å². The molecule has 0 aromatic carbocycles. The van der Waals surface area contributed by atoms with Crippen LogP contribution in [0.4, 0.5) is 11.9 Å². The third-order valence-electron chi connectivity index (χ3n) is 6.75. The third kappa shape index (κ3) is 5.35. The van der Waals surface area contributed by atoms with E-state index in [4.69, 9.17) is 22.1 Å². The molecule has 2 N–H and O–H groups in total. The van der Waals surface area contributed by atoms with Crippen molar-refractivity contribution >= 4 is 34.5 Å². The zero-order valence-corrected chi connectivity index (χ0v) is 22.5. The number of methoxy groups -OCH3 is 1. The molecule has 11 heteroatoms. The molecule has 0 atom stereocenters. The average molecular weight is 532 g/mol. The maximum Gasteiger partial charge on any atom is 0.225 e. The normalized spacial score (nSPS) is 13.9. The molecule has 10 nitrogen and oxygen atoms in total. The molecule has 4 aromatic heterocycles. The van der Waals surface area contributed by atoms with Gasteiger partial charge in [0.15, 0.2) is 0 Å². The van der Waals surface area contributed by atoms with Gasteiger partial charge in [0.05, 0.1) is 31.3 Å². The molecule has 0 radical (unpaired) electrons. The molecule has 38 heavy (non-hydrogen) atoms. The number of nitrogens with zero attached hydrogens (tertiary/aromatic N) is 8. The number of aromatic nitrogens is 6. The van der Waals surface area contributed by atoms with Gasteiger partial charge in [-0.3, -0.25) is 9.88 Å². The van der Waals surface area contributed by atoms with Crippen molar-refractivity contribution in [1.29, 1.82) is 0 Å². The number of halogens is 1. The molecule has 0 saturated carbocycles. The number of ether oxygens (including phenoxy) is 1. The van der Waals surface area contributed by atoms with Gasteiger partial charge >= 0.3 is 0 Å². The van der Waals surface area contributed by atoms with Gasteiger partial charge in [-0.15, -0.1) is 0 Å². The van der Waals surface area contributed by atoms with E-state index in [0.717, 1.165) is 65.6 Å². The van der Waals surface area contributed by atoms with Crippen LogP contribution in [0.15, 0.2) is 30.9 Å². The molecular weight excluding hydrogens is 502 g/mol. The summed E-state index contributed by atoms with van der Waals surface area (Å²) in [7, 11) is 1.67. The Morgan fingerprint density at radius 3 is 2.55 bits per heavy atom. The highest BCUT2D eigenvalue weighted by Gasteiger charge is 2.19. The SMILES string of the molecule is COc1c(C)cnc(Cn2cc(CC#CCN3CCN(c4ncccn4)CC3)c3c(Cl)nc(N)nc32)c1C. The molecule has 1 aliphatic heterocycles. The van der Waals surface area contributed by atoms with Crippen molar-refractivity contribution in [2.45, 2.75) is 26.8 Å². The Hall–Kier alpha value is -3.94. The summed E-state index contributed by atoms with van der Waals surface area (Å²) in [5, 5.41) is 1.09. The quantitative estimate of drug-likeness (QED) is 0.296. The van der Waals surface area contributed by atoms with Crippen molar-refractivity contribution in [2.24, 2.45) is 0 Å². The molecule has 4 aromatic rings. The van der Waals surface area contributed by atoms with Crippen LogP contribution in [0.25, 0.3) is 11.0 Å². The summed E-state index contributed by atoms with van der Waals surface area (Å²) in [4.78, 5) is 26.6. The molecule has 1 fully saturated rings. The van der Waals surface area contributed by atoms with Crippen LogP contribution in [0.3, 0.4) is 0 Å². The van der Waals surface area contributed by atoms with Crippen molar-refractivity contribution < 1.29 is 4.74 Å². The molecule has 0 unspecified atom stereocenters. The smallest absolute Gasteiger partial charge is 0.225 e. The number of rotatable bonds is 6. The van der Waals surface area contributed by atoms with E-state index in [-0.39, 0.29) is 5.95 Å². The Labute approximate surface area is 226 Å². The molecule has 0 aliphatic carbocycles. The van der Waals surface area contributed by atoms with Gasteiger partial charge < -0.3 is 19.9 Å². The first kappa shape index (κ1) is 25.7. The van der Waals surface area contributed by atoms with E-state index < -0.39 is 0 Å². The third-order valence-corrected chi connectivity index (χ3v) is 7.03. The number of nitrogens with two attached hydrogens (primary N) is 1. The van der Waals surface area contributed by atoms with Crippen molar-refractivity contribution in [3.8, 4) is 17.6 Å². The standard InChI is InChI=1S/C27H30ClN9O/c1-18-15-32-21(19(2)23(18)38-3)17-37-16-20(22-24(28)33-26(29)34-25(22)37)7-4-5-10-35-11-13-36(14-12-35)27-30-8-6-9-31-27/h6,8-9,15-16H,7,10-14,17H2,1-3H3,(H2,29,33,34). The predicted molar refractivity (Wildman–Crippen MR) is 148 cm³/mol. The monoisotopic (exact) mass is 531 g/mol. The van der Waals surface area contributed by atoms with Crippen LogP contribution in [0.1, 0.15) is 22.4 Å². The van der Waals surface area contributed by atoms with Gasteiger partial charge in [-0.25, -0.2) is 15.0 Å². The largest absolute Gasteiger partial charge is 0.496 e. The summed E-state index contributed by atoms with van der Waals surface area (Å²) in [6, 6.07) is 1.83. The summed E-state index contributed by atoms with van der Waals surface area (Å²) >= 11 is 6.53. The van der Waals surface area contributed by atoms with Crippen molar-refractivity contribution in [1.82, 2.24) is 34.4 Å². The van der Waals surface area contributed by atoms with Gasteiger partial charge in [-0.2, -0.15) is 4.98 Å². The Bertz CT molecular complexity index is 1500. The molecule has 0 amide bonds. The first-order valence-corrected chi connectivity index (χ1v) is 12.8. The van der Waals surface area contributed by atoms with E-state index in [1.807, 2.05) is 36.9 Å². The zero-order valence-electron chi connectivity index (χ0n) is 21.8. The van der Waals surface area contributed by atoms with Gasteiger partial charge in [-0.1, -0.05) is 23.4 Å². The summed E-state index contributed by atoms with van der Waals surface area (Å²) < 4.78 is 7.59. The number of piperazine rings is 1. The minimum atomic E-state index is 0.130. The number of hydrogen-bond donors (Lipinski definition) is 1. The van der Waals surface area contributed by atoms with Gasteiger partial charge in [0.2, 0.25) is 11.9 Å². The van der Waals surface area contributed by atoms with Crippen molar-refractivity contribution in [2.75, 3.05) is 50.5 Å². The minimum absolute atomic E-state index is 0.130. The fourth-order valence-corrected chi connectivity index (χ4v) is 5.06. The Morgan fingerprint density at radius 2 is 1.82 bits per heavy atom. The molecule has 0 spiro atoms. The maximum atomic E-state index is 6.53. The molecule has 1 aliphatic rings. The minimum Gasteiger partial charge on any atom is -0.496 e. The summed E-state index contributed by atoms with van der Waals surface area (Å²) in [5.41, 5.74) is 10.4. The van der Waals surface area contributed by atoms with Gasteiger partial charge in [-0.05, 0) is 25.5 Å². The summed E-state index contributed by atoms with van der Waals surface area (Å²) in [5.74, 6) is 8.38. The maximum absolute atomic E-state index is 6.53. The van der Waals surface area contributed by atoms with Crippen LogP contribution in [0.2, 0.25) is 5.15 Å². The highest BCUT2D eigenvalue weighted by atomic mass is 35.5. The fraction of sp³-hybridized carbons (Fsp3) is 0.370. The predicted octanol–water partition coefficient (Wildman–Crippen LogP) is 2.89. The average Bonchev–Trinajstić information content (AvgIpc) is 3.26. The summed E-state index contributed by atoms with van der Waals surface area (Å²) in [6.45, 7) is 8.77. The molecule has 0 bridgehead atoms. The Balaban J connectivity index is 1.31. The lowest BCUT2D eigenvalue weighted by Crippen LogP contribution is -2.47.